The van der Waals surface area contributed by atoms with Crippen LogP contribution in [0, 0.1) is 0 Å². The SMILES string of the molecule is CCC[SH]1OC1C. The Kier molecular flexibility index (Phi) is 1.60. The lowest BCUT2D eigenvalue weighted by atomic mass is 10.6. The van der Waals surface area contributed by atoms with Crippen LogP contribution in [0.5, 0.6) is 0 Å². The van der Waals surface area contributed by atoms with Crippen molar-refractivity contribution < 1.29 is 4.18 Å². The highest BCUT2D eigenvalue weighted by Gasteiger charge is 2.28. The van der Waals surface area contributed by atoms with Crippen LogP contribution in [-0.4, -0.2) is 11.2 Å². The molecule has 1 aliphatic rings. The van der Waals surface area contributed by atoms with Crippen LogP contribution in [0.2, 0.25) is 0 Å². The summed E-state index contributed by atoms with van der Waals surface area (Å²) in [5.74, 6) is 1.32. The van der Waals surface area contributed by atoms with Crippen molar-refractivity contribution in [3.05, 3.63) is 0 Å². The van der Waals surface area contributed by atoms with E-state index in [1.165, 1.54) is 12.2 Å². The zero-order valence-corrected chi connectivity index (χ0v) is 5.74. The summed E-state index contributed by atoms with van der Waals surface area (Å²) in [6.07, 6.45) is 1.29. The van der Waals surface area contributed by atoms with Crippen molar-refractivity contribution in [2.24, 2.45) is 0 Å². The summed E-state index contributed by atoms with van der Waals surface area (Å²) >= 11 is 0.0882. The molecule has 1 fully saturated rings. The lowest BCUT2D eigenvalue weighted by Crippen LogP contribution is -1.71. The highest BCUT2D eigenvalue weighted by Crippen LogP contribution is 2.51. The monoisotopic (exact) mass is 120 g/mol. The molecule has 1 rings (SSSR count). The van der Waals surface area contributed by atoms with Crippen molar-refractivity contribution in [3.63, 3.8) is 0 Å². The van der Waals surface area contributed by atoms with Crippen molar-refractivity contribution in [1.29, 1.82) is 0 Å². The molecule has 2 unspecified atom stereocenters. The normalized spacial score (nSPS) is 43.7. The third-order valence-corrected chi connectivity index (χ3v) is 3.28. The van der Waals surface area contributed by atoms with Gasteiger partial charge in [0.25, 0.3) is 0 Å². The van der Waals surface area contributed by atoms with Gasteiger partial charge in [-0.05, 0) is 19.1 Å². The van der Waals surface area contributed by atoms with Crippen LogP contribution in [0.4, 0.5) is 0 Å². The molecule has 7 heavy (non-hydrogen) atoms. The van der Waals surface area contributed by atoms with Crippen molar-refractivity contribution >= 4 is 11.2 Å². The Balaban J connectivity index is 1.98. The standard InChI is InChI=1S/C5H12OS/c1-3-4-7-5(2)6-7/h5,7H,3-4H2,1-2H3. The van der Waals surface area contributed by atoms with Gasteiger partial charge in [-0.3, -0.25) is 0 Å². The highest BCUT2D eigenvalue weighted by molar-refractivity contribution is 8.18. The van der Waals surface area contributed by atoms with E-state index in [2.05, 4.69) is 13.8 Å². The summed E-state index contributed by atoms with van der Waals surface area (Å²) in [6.45, 7) is 4.36. The molecule has 0 bridgehead atoms. The predicted molar refractivity (Wildman–Crippen MR) is 34.7 cm³/mol. The molecule has 0 aromatic rings. The van der Waals surface area contributed by atoms with E-state index in [9.17, 15) is 0 Å². The van der Waals surface area contributed by atoms with Gasteiger partial charge >= 0.3 is 0 Å². The second kappa shape index (κ2) is 2.05. The van der Waals surface area contributed by atoms with Crippen molar-refractivity contribution in [2.45, 2.75) is 25.7 Å². The fourth-order valence-corrected chi connectivity index (χ4v) is 2.07. The van der Waals surface area contributed by atoms with Crippen LogP contribution >= 0.6 is 11.2 Å². The molecule has 0 aliphatic carbocycles. The van der Waals surface area contributed by atoms with Gasteiger partial charge in [0.15, 0.2) is 0 Å². The quantitative estimate of drug-likeness (QED) is 0.432. The summed E-state index contributed by atoms with van der Waals surface area (Å²) in [5.41, 5.74) is 0.634. The second-order valence-corrected chi connectivity index (χ2v) is 4.06. The summed E-state index contributed by atoms with van der Waals surface area (Å²) in [4.78, 5) is 0. The van der Waals surface area contributed by atoms with E-state index in [0.717, 1.165) is 0 Å². The Morgan fingerprint density at radius 2 is 2.29 bits per heavy atom. The number of rotatable bonds is 2. The van der Waals surface area contributed by atoms with Gasteiger partial charge < -0.3 is 4.18 Å². The highest BCUT2D eigenvalue weighted by atomic mass is 32.2. The molecular formula is C5H12OS. The third-order valence-electron chi connectivity index (χ3n) is 1.09. The van der Waals surface area contributed by atoms with E-state index in [1.54, 1.807) is 0 Å². The summed E-state index contributed by atoms with van der Waals surface area (Å²) in [5, 5.41) is 0. The van der Waals surface area contributed by atoms with Crippen LogP contribution in [0.3, 0.4) is 0 Å². The molecule has 0 aromatic heterocycles. The van der Waals surface area contributed by atoms with Crippen molar-refractivity contribution in [1.82, 2.24) is 0 Å². The van der Waals surface area contributed by atoms with Crippen LogP contribution in [0.1, 0.15) is 20.3 Å². The Hall–Kier alpha value is 0.310. The third kappa shape index (κ3) is 1.35. The predicted octanol–water partition coefficient (Wildman–Crippen LogP) is 1.69. The average Bonchev–Trinajstić information content (AvgIpc) is 2.22. The zero-order valence-electron chi connectivity index (χ0n) is 4.85. The van der Waals surface area contributed by atoms with Gasteiger partial charge in [-0.1, -0.05) is 6.92 Å². The van der Waals surface area contributed by atoms with Gasteiger partial charge in [0.05, 0.1) is 0 Å². The van der Waals surface area contributed by atoms with E-state index in [4.69, 9.17) is 4.18 Å². The van der Waals surface area contributed by atoms with Gasteiger partial charge in [-0.2, -0.15) is 0 Å². The minimum absolute atomic E-state index is 0.0882. The summed E-state index contributed by atoms with van der Waals surface area (Å²) in [7, 11) is 0. The molecule has 44 valence electrons. The smallest absolute Gasteiger partial charge is 0.115 e. The molecule has 2 heteroatoms. The maximum atomic E-state index is 5.22. The zero-order chi connectivity index (χ0) is 5.28. The first-order valence-corrected chi connectivity index (χ1v) is 4.29. The molecule has 0 radical (unpaired) electrons. The first kappa shape index (κ1) is 5.45. The maximum absolute atomic E-state index is 5.22. The summed E-state index contributed by atoms with van der Waals surface area (Å²) < 4.78 is 5.22. The first-order valence-electron chi connectivity index (χ1n) is 2.78. The molecule has 0 aromatic carbocycles. The van der Waals surface area contributed by atoms with E-state index in [1.807, 2.05) is 0 Å². The minimum Gasteiger partial charge on any atom is -0.323 e. The van der Waals surface area contributed by atoms with Gasteiger partial charge in [0.2, 0.25) is 0 Å². The topological polar surface area (TPSA) is 12.5 Å². The van der Waals surface area contributed by atoms with E-state index in [-0.39, 0.29) is 11.2 Å². The Bertz CT molecular complexity index is 65.1. The van der Waals surface area contributed by atoms with E-state index >= 15 is 0 Å². The lowest BCUT2D eigenvalue weighted by molar-refractivity contribution is 0.484. The molecule has 2 atom stereocenters. The molecule has 0 spiro atoms. The van der Waals surface area contributed by atoms with Gasteiger partial charge in [0, 0.05) is 0 Å². The maximum Gasteiger partial charge on any atom is 0.115 e. The van der Waals surface area contributed by atoms with Crippen LogP contribution < -0.4 is 0 Å². The molecule has 1 nitrogen and oxygen atoms in total. The molecule has 0 N–H and O–H groups in total. The molecule has 1 aliphatic heterocycles. The molecular weight excluding hydrogens is 108 g/mol. The molecule has 0 saturated carbocycles. The van der Waals surface area contributed by atoms with Crippen LogP contribution in [-0.2, 0) is 4.18 Å². The Morgan fingerprint density at radius 1 is 1.71 bits per heavy atom. The molecule has 1 heterocycles. The van der Waals surface area contributed by atoms with Crippen LogP contribution in [0.25, 0.3) is 0 Å². The first-order chi connectivity index (χ1) is 3.34. The van der Waals surface area contributed by atoms with Crippen molar-refractivity contribution in [3.8, 4) is 0 Å². The van der Waals surface area contributed by atoms with Crippen molar-refractivity contribution in [2.75, 3.05) is 5.75 Å². The number of thiol groups is 1. The Morgan fingerprint density at radius 3 is 2.43 bits per heavy atom. The fourth-order valence-electron chi connectivity index (χ4n) is 0.624. The fraction of sp³-hybridized carbons (Fsp3) is 1.00. The number of hydrogen-bond donors (Lipinski definition) is 1. The van der Waals surface area contributed by atoms with Crippen LogP contribution in [0.15, 0.2) is 0 Å². The second-order valence-electron chi connectivity index (χ2n) is 1.85. The minimum atomic E-state index is 0.0882. The van der Waals surface area contributed by atoms with E-state index < -0.39 is 0 Å². The lowest BCUT2D eigenvalue weighted by Gasteiger charge is -1.86. The average molecular weight is 120 g/mol. The van der Waals surface area contributed by atoms with Gasteiger partial charge in [-0.15, -0.1) is 11.2 Å². The molecule has 0 amide bonds. The Labute approximate surface area is 47.6 Å². The van der Waals surface area contributed by atoms with Gasteiger partial charge in [-0.25, -0.2) is 0 Å². The van der Waals surface area contributed by atoms with E-state index in [0.29, 0.717) is 5.44 Å². The largest absolute Gasteiger partial charge is 0.323 e. The molecule has 1 saturated heterocycles. The number of hydrogen-bond acceptors (Lipinski definition) is 1. The summed E-state index contributed by atoms with van der Waals surface area (Å²) in [6, 6.07) is 0. The van der Waals surface area contributed by atoms with Gasteiger partial charge in [0.1, 0.15) is 5.44 Å².